The Balaban J connectivity index is 1.27. The molecule has 2 aliphatic rings. The molecule has 2 saturated heterocycles. The minimum Gasteiger partial charge on any atom is -0.492 e. The van der Waals surface area contributed by atoms with E-state index in [4.69, 9.17) is 9.47 Å². The smallest absolute Gasteiger partial charge is 0.222 e. The van der Waals surface area contributed by atoms with Crippen LogP contribution in [0.15, 0.2) is 36.4 Å². The van der Waals surface area contributed by atoms with E-state index in [1.54, 1.807) is 0 Å². The first-order chi connectivity index (χ1) is 15.4. The van der Waals surface area contributed by atoms with Crippen molar-refractivity contribution in [3.8, 4) is 11.5 Å². The lowest BCUT2D eigenvalue weighted by molar-refractivity contribution is -0.128. The summed E-state index contributed by atoms with van der Waals surface area (Å²) in [5.41, 5.74) is 4.67. The van der Waals surface area contributed by atoms with Gasteiger partial charge in [-0.25, -0.2) is 0 Å². The molecule has 0 spiro atoms. The van der Waals surface area contributed by atoms with Crippen molar-refractivity contribution in [3.63, 3.8) is 0 Å². The van der Waals surface area contributed by atoms with Gasteiger partial charge in [-0.3, -0.25) is 9.69 Å². The fourth-order valence-electron chi connectivity index (χ4n) is 4.53. The van der Waals surface area contributed by atoms with Gasteiger partial charge in [0.25, 0.3) is 0 Å². The predicted octanol–water partition coefficient (Wildman–Crippen LogP) is 3.24. The van der Waals surface area contributed by atoms with E-state index in [1.807, 2.05) is 17.0 Å². The molecule has 2 atom stereocenters. The van der Waals surface area contributed by atoms with E-state index in [0.29, 0.717) is 32.7 Å². The van der Waals surface area contributed by atoms with Crippen LogP contribution in [0.4, 0.5) is 0 Å². The number of β-amino-alcohol motifs (C(OH)–C–C–N with tert-alkyl or cyclic N) is 1. The van der Waals surface area contributed by atoms with Gasteiger partial charge in [0.2, 0.25) is 5.91 Å². The quantitative estimate of drug-likeness (QED) is 0.686. The maximum Gasteiger partial charge on any atom is 0.222 e. The molecular formula is C26H34N2O4. The highest BCUT2D eigenvalue weighted by molar-refractivity contribution is 5.78. The van der Waals surface area contributed by atoms with Crippen LogP contribution in [0.25, 0.3) is 0 Å². The van der Waals surface area contributed by atoms with Crippen LogP contribution in [0.2, 0.25) is 0 Å². The zero-order chi connectivity index (χ0) is 22.7. The topological polar surface area (TPSA) is 62.2 Å². The number of aryl methyl sites for hydroxylation is 2. The van der Waals surface area contributed by atoms with Crippen LogP contribution in [0, 0.1) is 20.8 Å². The van der Waals surface area contributed by atoms with Crippen LogP contribution >= 0.6 is 0 Å². The van der Waals surface area contributed by atoms with Crippen LogP contribution in [-0.2, 0) is 11.3 Å². The van der Waals surface area contributed by atoms with Crippen LogP contribution in [0.1, 0.15) is 35.1 Å². The Labute approximate surface area is 190 Å². The molecule has 172 valence electrons. The third-order valence-electron chi connectivity index (χ3n) is 6.49. The van der Waals surface area contributed by atoms with E-state index in [9.17, 15) is 9.90 Å². The third kappa shape index (κ3) is 5.43. The number of nitrogens with zero attached hydrogens (tertiary/aromatic N) is 2. The minimum absolute atomic E-state index is 0.228. The SMILES string of the molecule is Cc1cc(C)c(C)c(O[C@H]2CN(Cc3ccc(OCCN4CCCC4=O)cc3)C[C@@H]2O)c1. The van der Waals surface area contributed by atoms with Crippen LogP contribution in [0.3, 0.4) is 0 Å². The Hall–Kier alpha value is -2.57. The van der Waals surface area contributed by atoms with Gasteiger partial charge in [0.05, 0.1) is 6.54 Å². The standard InChI is InChI=1S/C26H34N2O4/c1-18-13-19(2)20(3)24(14-18)32-25-17-27(16-23(25)29)15-21-6-8-22(9-7-21)31-12-11-28-10-4-5-26(28)30/h6-9,13-14,23,25,29H,4-5,10-12,15-17H2,1-3H3/t23-,25-/m0/s1. The van der Waals surface area contributed by atoms with Crippen molar-refractivity contribution in [2.75, 3.05) is 32.8 Å². The molecule has 0 aromatic heterocycles. The number of hydrogen-bond donors (Lipinski definition) is 1. The summed E-state index contributed by atoms with van der Waals surface area (Å²) in [6.07, 6.45) is 0.877. The highest BCUT2D eigenvalue weighted by atomic mass is 16.5. The van der Waals surface area contributed by atoms with E-state index in [1.165, 1.54) is 16.7 Å². The zero-order valence-corrected chi connectivity index (χ0v) is 19.3. The summed E-state index contributed by atoms with van der Waals surface area (Å²) in [7, 11) is 0. The van der Waals surface area contributed by atoms with Gasteiger partial charge in [0.1, 0.15) is 30.3 Å². The molecule has 0 bridgehead atoms. The number of aliphatic hydroxyl groups is 1. The van der Waals surface area contributed by atoms with Crippen molar-refractivity contribution in [1.82, 2.24) is 9.80 Å². The molecule has 1 N–H and O–H groups in total. The summed E-state index contributed by atoms with van der Waals surface area (Å²) < 4.78 is 12.0. The molecule has 0 unspecified atom stereocenters. The van der Waals surface area contributed by atoms with E-state index >= 15 is 0 Å². The van der Waals surface area contributed by atoms with E-state index in [-0.39, 0.29) is 12.0 Å². The molecule has 32 heavy (non-hydrogen) atoms. The van der Waals surface area contributed by atoms with Crippen LogP contribution in [-0.4, -0.2) is 65.8 Å². The van der Waals surface area contributed by atoms with Gasteiger partial charge in [-0.1, -0.05) is 18.2 Å². The van der Waals surface area contributed by atoms with Gasteiger partial charge < -0.3 is 19.5 Å². The summed E-state index contributed by atoms with van der Waals surface area (Å²) in [6.45, 7) is 10.3. The molecule has 2 aromatic rings. The van der Waals surface area contributed by atoms with Gasteiger partial charge in [-0.05, 0) is 67.6 Å². The molecule has 0 aliphatic carbocycles. The first-order valence-corrected chi connectivity index (χ1v) is 11.5. The average molecular weight is 439 g/mol. The fourth-order valence-corrected chi connectivity index (χ4v) is 4.53. The first-order valence-electron chi connectivity index (χ1n) is 11.5. The van der Waals surface area contributed by atoms with Crippen molar-refractivity contribution in [2.45, 2.75) is 52.4 Å². The number of likely N-dealkylation sites (tertiary alicyclic amines) is 2. The number of carbonyl (C=O) groups is 1. The Kier molecular flexibility index (Phi) is 7.01. The summed E-state index contributed by atoms with van der Waals surface area (Å²) in [5, 5.41) is 10.6. The number of aliphatic hydroxyl groups excluding tert-OH is 1. The molecule has 2 aromatic carbocycles. The van der Waals surface area contributed by atoms with Crippen LogP contribution < -0.4 is 9.47 Å². The normalized spacial score (nSPS) is 21.4. The lowest BCUT2D eigenvalue weighted by atomic mass is 10.1. The molecule has 0 saturated carbocycles. The summed E-state index contributed by atoms with van der Waals surface area (Å²) in [5.74, 6) is 1.91. The molecule has 2 fully saturated rings. The lowest BCUT2D eigenvalue weighted by Gasteiger charge is -2.20. The summed E-state index contributed by atoms with van der Waals surface area (Å²) >= 11 is 0. The van der Waals surface area contributed by atoms with E-state index in [2.05, 4.69) is 49.9 Å². The highest BCUT2D eigenvalue weighted by Crippen LogP contribution is 2.27. The Morgan fingerprint density at radius 3 is 2.59 bits per heavy atom. The molecule has 1 amide bonds. The second kappa shape index (κ2) is 9.92. The average Bonchev–Trinajstić information content (AvgIpc) is 3.32. The minimum atomic E-state index is -0.508. The molecule has 2 heterocycles. The van der Waals surface area contributed by atoms with E-state index in [0.717, 1.165) is 36.6 Å². The van der Waals surface area contributed by atoms with Gasteiger partial charge in [0, 0.05) is 32.6 Å². The molecule has 6 heteroatoms. The van der Waals surface area contributed by atoms with Crippen molar-refractivity contribution in [2.24, 2.45) is 0 Å². The second-order valence-corrected chi connectivity index (χ2v) is 9.10. The maximum atomic E-state index is 11.7. The Bertz CT molecular complexity index is 944. The second-order valence-electron chi connectivity index (χ2n) is 9.10. The van der Waals surface area contributed by atoms with Crippen molar-refractivity contribution < 1.29 is 19.4 Å². The van der Waals surface area contributed by atoms with Crippen molar-refractivity contribution in [1.29, 1.82) is 0 Å². The van der Waals surface area contributed by atoms with E-state index < -0.39 is 6.10 Å². The lowest BCUT2D eigenvalue weighted by Crippen LogP contribution is -2.30. The first kappa shape index (κ1) is 22.6. The molecule has 2 aliphatic heterocycles. The van der Waals surface area contributed by atoms with Crippen LogP contribution in [0.5, 0.6) is 11.5 Å². The third-order valence-corrected chi connectivity index (χ3v) is 6.49. The molecule has 0 radical (unpaired) electrons. The number of rotatable bonds is 8. The Morgan fingerprint density at radius 1 is 1.09 bits per heavy atom. The molecule has 4 rings (SSSR count). The monoisotopic (exact) mass is 438 g/mol. The number of amides is 1. The largest absolute Gasteiger partial charge is 0.492 e. The highest BCUT2D eigenvalue weighted by Gasteiger charge is 2.33. The number of ether oxygens (including phenoxy) is 2. The predicted molar refractivity (Wildman–Crippen MR) is 124 cm³/mol. The number of hydrogen-bond acceptors (Lipinski definition) is 5. The van der Waals surface area contributed by atoms with Gasteiger partial charge in [0.15, 0.2) is 0 Å². The molecule has 6 nitrogen and oxygen atoms in total. The Morgan fingerprint density at radius 2 is 1.88 bits per heavy atom. The zero-order valence-electron chi connectivity index (χ0n) is 19.3. The van der Waals surface area contributed by atoms with Gasteiger partial charge in [-0.15, -0.1) is 0 Å². The van der Waals surface area contributed by atoms with Gasteiger partial charge >= 0.3 is 0 Å². The number of benzene rings is 2. The van der Waals surface area contributed by atoms with Crippen molar-refractivity contribution in [3.05, 3.63) is 58.7 Å². The summed E-state index contributed by atoms with van der Waals surface area (Å²) in [4.78, 5) is 15.8. The van der Waals surface area contributed by atoms with Crippen molar-refractivity contribution >= 4 is 5.91 Å². The summed E-state index contributed by atoms with van der Waals surface area (Å²) in [6, 6.07) is 12.3. The fraction of sp³-hybridized carbons (Fsp3) is 0.500. The maximum absolute atomic E-state index is 11.7. The number of carbonyl (C=O) groups excluding carboxylic acids is 1. The molecular weight excluding hydrogens is 404 g/mol. The van der Waals surface area contributed by atoms with Gasteiger partial charge in [-0.2, -0.15) is 0 Å².